The molecule has 3 N–H and O–H groups in total. The number of carbonyl (C=O) groups excluding carboxylic acids is 2. The zero-order valence-electron chi connectivity index (χ0n) is 17.3. The standard InChI is InChI=1S/C20H29N5O2S/c1-7-25-16(13-8-10-14(11-9-13)20(4,5)6)23-24-19(25)28-15(12(2)3)17(26)22-18(21)27/h8-12,15H,7H2,1-6H3,(H3,21,22,26,27). The molecule has 0 aliphatic rings. The van der Waals surface area contributed by atoms with E-state index in [0.717, 1.165) is 11.4 Å². The van der Waals surface area contributed by atoms with Gasteiger partial charge < -0.3 is 10.3 Å². The number of thioether (sulfide) groups is 1. The Labute approximate surface area is 170 Å². The molecule has 1 atom stereocenters. The quantitative estimate of drug-likeness (QED) is 0.718. The van der Waals surface area contributed by atoms with Crippen molar-refractivity contribution < 1.29 is 9.59 Å². The van der Waals surface area contributed by atoms with Gasteiger partial charge in [-0.3, -0.25) is 10.1 Å². The third-order valence-corrected chi connectivity index (χ3v) is 5.91. The molecular formula is C20H29N5O2S. The van der Waals surface area contributed by atoms with Gasteiger partial charge in [-0.2, -0.15) is 0 Å². The van der Waals surface area contributed by atoms with E-state index in [1.807, 2.05) is 37.5 Å². The van der Waals surface area contributed by atoms with E-state index < -0.39 is 17.2 Å². The molecule has 0 saturated carbocycles. The third-order valence-electron chi connectivity index (χ3n) is 4.38. The smallest absolute Gasteiger partial charge is 0.318 e. The molecule has 0 saturated heterocycles. The van der Waals surface area contributed by atoms with Crippen molar-refractivity contribution in [3.8, 4) is 11.4 Å². The monoisotopic (exact) mass is 403 g/mol. The maximum Gasteiger partial charge on any atom is 0.318 e. The summed E-state index contributed by atoms with van der Waals surface area (Å²) < 4.78 is 1.98. The Kier molecular flexibility index (Phi) is 6.87. The summed E-state index contributed by atoms with van der Waals surface area (Å²) in [4.78, 5) is 23.4. The molecule has 2 aromatic rings. The molecule has 8 heteroatoms. The number of nitrogens with zero attached hydrogens (tertiary/aromatic N) is 3. The molecule has 0 fully saturated rings. The van der Waals surface area contributed by atoms with Gasteiger partial charge in [0.05, 0.1) is 5.25 Å². The van der Waals surface area contributed by atoms with Crippen LogP contribution >= 0.6 is 11.8 Å². The fraction of sp³-hybridized carbons (Fsp3) is 0.500. The van der Waals surface area contributed by atoms with E-state index in [4.69, 9.17) is 5.73 Å². The van der Waals surface area contributed by atoms with E-state index in [1.54, 1.807) is 0 Å². The lowest BCUT2D eigenvalue weighted by Gasteiger charge is -2.19. The van der Waals surface area contributed by atoms with E-state index >= 15 is 0 Å². The second-order valence-corrected chi connectivity index (χ2v) is 9.12. The highest BCUT2D eigenvalue weighted by molar-refractivity contribution is 8.00. The van der Waals surface area contributed by atoms with Crippen LogP contribution in [-0.2, 0) is 16.8 Å². The van der Waals surface area contributed by atoms with Crippen LogP contribution in [-0.4, -0.2) is 32.0 Å². The van der Waals surface area contributed by atoms with Gasteiger partial charge in [0.25, 0.3) is 0 Å². The summed E-state index contributed by atoms with van der Waals surface area (Å²) in [5, 5.41) is 10.9. The Morgan fingerprint density at radius 1 is 1.18 bits per heavy atom. The van der Waals surface area contributed by atoms with Crippen LogP contribution in [0.4, 0.5) is 4.79 Å². The van der Waals surface area contributed by atoms with Crippen LogP contribution < -0.4 is 11.1 Å². The Morgan fingerprint density at radius 2 is 1.79 bits per heavy atom. The third kappa shape index (κ3) is 5.13. The SMILES string of the molecule is CCn1c(SC(C(=O)NC(N)=O)C(C)C)nnc1-c1ccc(C(C)(C)C)cc1. The predicted octanol–water partition coefficient (Wildman–Crippen LogP) is 3.57. The molecule has 1 heterocycles. The van der Waals surface area contributed by atoms with Crippen molar-refractivity contribution in [1.29, 1.82) is 0 Å². The molecule has 0 aliphatic heterocycles. The Bertz CT molecular complexity index is 837. The fourth-order valence-electron chi connectivity index (χ4n) is 2.79. The molecule has 28 heavy (non-hydrogen) atoms. The van der Waals surface area contributed by atoms with Crippen LogP contribution in [0.5, 0.6) is 0 Å². The van der Waals surface area contributed by atoms with E-state index in [-0.39, 0.29) is 11.3 Å². The Hall–Kier alpha value is -2.35. The van der Waals surface area contributed by atoms with Gasteiger partial charge in [0.2, 0.25) is 5.91 Å². The molecule has 152 valence electrons. The Morgan fingerprint density at radius 3 is 2.25 bits per heavy atom. The average molecular weight is 404 g/mol. The maximum atomic E-state index is 12.3. The highest BCUT2D eigenvalue weighted by Gasteiger charge is 2.27. The molecule has 0 spiro atoms. The van der Waals surface area contributed by atoms with E-state index in [1.165, 1.54) is 17.3 Å². The molecule has 0 aliphatic carbocycles. The number of amides is 3. The first kappa shape index (κ1) is 21.9. The van der Waals surface area contributed by atoms with Crippen LogP contribution in [0.1, 0.15) is 47.1 Å². The lowest BCUT2D eigenvalue weighted by molar-refractivity contribution is -0.120. The fourth-order valence-corrected chi connectivity index (χ4v) is 3.89. The van der Waals surface area contributed by atoms with Crippen molar-refractivity contribution in [3.63, 3.8) is 0 Å². The molecular weight excluding hydrogens is 374 g/mol. The number of urea groups is 1. The summed E-state index contributed by atoms with van der Waals surface area (Å²) in [6.45, 7) is 13.0. The summed E-state index contributed by atoms with van der Waals surface area (Å²) >= 11 is 1.29. The van der Waals surface area contributed by atoms with Crippen LogP contribution in [0.3, 0.4) is 0 Å². The molecule has 1 aromatic carbocycles. The van der Waals surface area contributed by atoms with Gasteiger partial charge in [-0.25, -0.2) is 4.79 Å². The van der Waals surface area contributed by atoms with Gasteiger partial charge in [0.15, 0.2) is 11.0 Å². The highest BCUT2D eigenvalue weighted by atomic mass is 32.2. The second-order valence-electron chi connectivity index (χ2n) is 8.01. The van der Waals surface area contributed by atoms with Crippen molar-refractivity contribution in [1.82, 2.24) is 20.1 Å². The number of hydrogen-bond donors (Lipinski definition) is 2. The van der Waals surface area contributed by atoms with E-state index in [2.05, 4.69) is 48.4 Å². The maximum absolute atomic E-state index is 12.3. The van der Waals surface area contributed by atoms with Crippen molar-refractivity contribution in [2.24, 2.45) is 11.7 Å². The Balaban J connectivity index is 2.32. The van der Waals surface area contributed by atoms with Crippen molar-refractivity contribution >= 4 is 23.7 Å². The van der Waals surface area contributed by atoms with Crippen LogP contribution in [0.25, 0.3) is 11.4 Å². The number of nitrogens with one attached hydrogen (secondary N) is 1. The number of primary amides is 1. The summed E-state index contributed by atoms with van der Waals surface area (Å²) in [5.41, 5.74) is 7.39. The average Bonchev–Trinajstić information content (AvgIpc) is 3.00. The zero-order chi connectivity index (χ0) is 21.1. The molecule has 0 radical (unpaired) electrons. The number of hydrogen-bond acceptors (Lipinski definition) is 5. The first-order chi connectivity index (χ1) is 13.0. The van der Waals surface area contributed by atoms with Crippen LogP contribution in [0, 0.1) is 5.92 Å². The zero-order valence-corrected chi connectivity index (χ0v) is 18.1. The van der Waals surface area contributed by atoms with Crippen molar-refractivity contribution in [3.05, 3.63) is 29.8 Å². The van der Waals surface area contributed by atoms with Crippen molar-refractivity contribution in [2.75, 3.05) is 0 Å². The summed E-state index contributed by atoms with van der Waals surface area (Å²) in [6, 6.07) is 7.45. The van der Waals surface area contributed by atoms with Gasteiger partial charge in [0.1, 0.15) is 0 Å². The summed E-state index contributed by atoms with van der Waals surface area (Å²) in [5.74, 6) is 0.318. The first-order valence-corrected chi connectivity index (χ1v) is 10.2. The molecule has 7 nitrogen and oxygen atoms in total. The largest absolute Gasteiger partial charge is 0.351 e. The van der Waals surface area contributed by atoms with Gasteiger partial charge in [-0.15, -0.1) is 10.2 Å². The van der Waals surface area contributed by atoms with Gasteiger partial charge in [-0.1, -0.05) is 70.6 Å². The number of imide groups is 1. The molecule has 0 bridgehead atoms. The second kappa shape index (κ2) is 8.77. The van der Waals surface area contributed by atoms with E-state index in [9.17, 15) is 9.59 Å². The van der Waals surface area contributed by atoms with Crippen LogP contribution in [0.2, 0.25) is 0 Å². The normalized spacial score (nSPS) is 12.8. The lowest BCUT2D eigenvalue weighted by Crippen LogP contribution is -2.42. The highest BCUT2D eigenvalue weighted by Crippen LogP contribution is 2.31. The first-order valence-electron chi connectivity index (χ1n) is 9.35. The molecule has 1 unspecified atom stereocenters. The van der Waals surface area contributed by atoms with Crippen molar-refractivity contribution in [2.45, 2.75) is 63.9 Å². The number of carbonyl (C=O) groups is 2. The molecule has 1 aromatic heterocycles. The van der Waals surface area contributed by atoms with E-state index in [0.29, 0.717) is 11.7 Å². The topological polar surface area (TPSA) is 103 Å². The summed E-state index contributed by atoms with van der Waals surface area (Å²) in [7, 11) is 0. The predicted molar refractivity (Wildman–Crippen MR) is 112 cm³/mol. The minimum atomic E-state index is -0.854. The van der Waals surface area contributed by atoms with Gasteiger partial charge in [-0.05, 0) is 23.8 Å². The number of rotatable bonds is 6. The van der Waals surface area contributed by atoms with Gasteiger partial charge in [0, 0.05) is 12.1 Å². The lowest BCUT2D eigenvalue weighted by atomic mass is 9.87. The minimum absolute atomic E-state index is 0.0131. The number of aromatic nitrogens is 3. The van der Waals surface area contributed by atoms with Crippen LogP contribution in [0.15, 0.2) is 29.4 Å². The molecule has 2 rings (SSSR count). The van der Waals surface area contributed by atoms with Gasteiger partial charge >= 0.3 is 6.03 Å². The number of nitrogens with two attached hydrogens (primary N) is 1. The molecule has 3 amide bonds. The number of benzene rings is 1. The summed E-state index contributed by atoms with van der Waals surface area (Å²) in [6.07, 6.45) is 0. The minimum Gasteiger partial charge on any atom is -0.351 e.